The molecule has 1 N–H and O–H groups in total. The predicted octanol–water partition coefficient (Wildman–Crippen LogP) is 1.56. The van der Waals surface area contributed by atoms with Crippen molar-refractivity contribution in [2.45, 2.75) is 25.4 Å². The van der Waals surface area contributed by atoms with E-state index in [1.165, 1.54) is 18.4 Å². The lowest BCUT2D eigenvalue weighted by atomic mass is 10.2. The highest BCUT2D eigenvalue weighted by atomic mass is 32.2. The van der Waals surface area contributed by atoms with Crippen molar-refractivity contribution in [1.82, 2.24) is 24.5 Å². The zero-order chi connectivity index (χ0) is 20.8. The molecular formula is C19H29N5O3S2. The van der Waals surface area contributed by atoms with Crippen LogP contribution in [0.15, 0.2) is 11.6 Å². The Kier molecular flexibility index (Phi) is 7.93. The van der Waals surface area contributed by atoms with Crippen LogP contribution in [-0.2, 0) is 16.1 Å². The van der Waals surface area contributed by atoms with Crippen LogP contribution in [0.3, 0.4) is 0 Å². The smallest absolute Gasteiger partial charge is 0.322 e. The number of likely N-dealkylation sites (N-methyl/N-ethyl adjacent to an activating group) is 1. The van der Waals surface area contributed by atoms with Gasteiger partial charge in [0.2, 0.25) is 0 Å². The maximum absolute atomic E-state index is 13.3. The van der Waals surface area contributed by atoms with E-state index in [1.54, 1.807) is 11.8 Å². The number of ether oxygens (including phenoxy) is 1. The fourth-order valence-corrected chi connectivity index (χ4v) is 4.68. The maximum atomic E-state index is 13.3. The van der Waals surface area contributed by atoms with Gasteiger partial charge in [-0.2, -0.15) is 11.8 Å². The van der Waals surface area contributed by atoms with E-state index in [9.17, 15) is 9.59 Å². The first-order valence-electron chi connectivity index (χ1n) is 9.77. The third kappa shape index (κ3) is 5.30. The van der Waals surface area contributed by atoms with Crippen LogP contribution in [0.25, 0.3) is 4.96 Å². The number of methoxy groups -OCH3 is 1. The summed E-state index contributed by atoms with van der Waals surface area (Å²) in [6.07, 6.45) is 5.56. The van der Waals surface area contributed by atoms with Crippen molar-refractivity contribution in [2.75, 3.05) is 52.3 Å². The molecule has 0 aliphatic carbocycles. The molecule has 1 aliphatic rings. The second kappa shape index (κ2) is 10.4. The minimum Gasteiger partial charge on any atom is -0.468 e. The highest BCUT2D eigenvalue weighted by Crippen LogP contribution is 2.20. The third-order valence-electron chi connectivity index (χ3n) is 5.18. The zero-order valence-corrected chi connectivity index (χ0v) is 18.9. The highest BCUT2D eigenvalue weighted by Gasteiger charge is 2.27. The van der Waals surface area contributed by atoms with Crippen molar-refractivity contribution in [3.63, 3.8) is 0 Å². The van der Waals surface area contributed by atoms with E-state index in [1.807, 2.05) is 27.1 Å². The molecule has 2 aromatic heterocycles. The molecule has 1 fully saturated rings. The average Bonchev–Trinajstić information content (AvgIpc) is 3.24. The summed E-state index contributed by atoms with van der Waals surface area (Å²) in [5.74, 6) is 0.528. The molecule has 10 heteroatoms. The molecule has 0 spiro atoms. The van der Waals surface area contributed by atoms with E-state index in [4.69, 9.17) is 4.74 Å². The fraction of sp³-hybridized carbons (Fsp3) is 0.632. The van der Waals surface area contributed by atoms with Crippen molar-refractivity contribution < 1.29 is 14.3 Å². The van der Waals surface area contributed by atoms with E-state index >= 15 is 0 Å². The Hall–Kier alpha value is -1.62. The number of carbonyl (C=O) groups is 2. The molecule has 2 aromatic rings. The Labute approximate surface area is 179 Å². The Balaban J connectivity index is 1.80. The largest absolute Gasteiger partial charge is 0.468 e. The lowest BCUT2D eigenvalue weighted by Crippen LogP contribution is -2.39. The molecule has 0 saturated carbocycles. The SMILES string of the molecule is COC(=O)[C@H](CCSC)NCc1c(C(=O)N2CCCN(C)CC2)nc2sccn12. The summed E-state index contributed by atoms with van der Waals surface area (Å²) in [5, 5.41) is 5.24. The molecule has 0 aromatic carbocycles. The standard InChI is InChI=1S/C19H29N5O3S2/c1-22-6-4-7-23(9-8-22)17(25)16-15(24-10-12-29-19(24)21-16)13-20-14(5-11-28-3)18(26)27-2/h10,12,14,20H,4-9,11,13H2,1-3H3/t14-/m0/s1. The second-order valence-corrected chi connectivity index (χ2v) is 9.01. The van der Waals surface area contributed by atoms with Crippen molar-refractivity contribution in [3.8, 4) is 0 Å². The van der Waals surface area contributed by atoms with Gasteiger partial charge in [0.05, 0.1) is 12.8 Å². The molecule has 3 rings (SSSR count). The molecule has 0 bridgehead atoms. The maximum Gasteiger partial charge on any atom is 0.322 e. The van der Waals surface area contributed by atoms with Gasteiger partial charge in [0.25, 0.3) is 5.91 Å². The average molecular weight is 440 g/mol. The van der Waals surface area contributed by atoms with Gasteiger partial charge >= 0.3 is 5.97 Å². The Morgan fingerprint density at radius 1 is 1.34 bits per heavy atom. The van der Waals surface area contributed by atoms with Crippen LogP contribution in [0, 0.1) is 0 Å². The molecule has 0 unspecified atom stereocenters. The number of thiazole rings is 1. The highest BCUT2D eigenvalue weighted by molar-refractivity contribution is 7.98. The van der Waals surface area contributed by atoms with Crippen LogP contribution >= 0.6 is 23.1 Å². The van der Waals surface area contributed by atoms with E-state index in [2.05, 4.69) is 22.2 Å². The summed E-state index contributed by atoms with van der Waals surface area (Å²) in [7, 11) is 3.48. The summed E-state index contributed by atoms with van der Waals surface area (Å²) in [6, 6.07) is -0.411. The monoisotopic (exact) mass is 439 g/mol. The molecule has 29 heavy (non-hydrogen) atoms. The van der Waals surface area contributed by atoms with Gasteiger partial charge in [0, 0.05) is 37.8 Å². The van der Waals surface area contributed by atoms with Crippen molar-refractivity contribution in [1.29, 1.82) is 0 Å². The van der Waals surface area contributed by atoms with Gasteiger partial charge in [-0.1, -0.05) is 0 Å². The molecule has 1 amide bonds. The first-order valence-corrected chi connectivity index (χ1v) is 12.0. The number of amides is 1. The summed E-state index contributed by atoms with van der Waals surface area (Å²) < 4.78 is 6.88. The summed E-state index contributed by atoms with van der Waals surface area (Å²) in [4.78, 5) is 34.9. The van der Waals surface area contributed by atoms with E-state index in [-0.39, 0.29) is 11.9 Å². The number of hydrogen-bond acceptors (Lipinski definition) is 8. The van der Waals surface area contributed by atoms with E-state index in [0.29, 0.717) is 25.2 Å². The van der Waals surface area contributed by atoms with E-state index < -0.39 is 6.04 Å². The van der Waals surface area contributed by atoms with Crippen molar-refractivity contribution in [2.24, 2.45) is 0 Å². The number of fused-ring (bicyclic) bond motifs is 1. The number of nitrogens with one attached hydrogen (secondary N) is 1. The number of hydrogen-bond donors (Lipinski definition) is 1. The van der Waals surface area contributed by atoms with Gasteiger partial charge in [0.15, 0.2) is 10.7 Å². The molecule has 3 heterocycles. The lowest BCUT2D eigenvalue weighted by Gasteiger charge is -2.21. The van der Waals surface area contributed by atoms with Gasteiger partial charge < -0.3 is 14.5 Å². The quantitative estimate of drug-likeness (QED) is 0.625. The minimum atomic E-state index is -0.411. The number of esters is 1. The second-order valence-electron chi connectivity index (χ2n) is 7.15. The number of aromatic nitrogens is 2. The molecule has 1 atom stereocenters. The number of nitrogens with zero attached hydrogens (tertiary/aromatic N) is 4. The van der Waals surface area contributed by atoms with Gasteiger partial charge in [-0.25, -0.2) is 4.98 Å². The first kappa shape index (κ1) is 22.1. The van der Waals surface area contributed by atoms with Gasteiger partial charge in [-0.05, 0) is 38.4 Å². The Bertz CT molecular complexity index is 837. The van der Waals surface area contributed by atoms with Gasteiger partial charge in [-0.3, -0.25) is 19.3 Å². The number of imidazole rings is 1. The number of carbonyl (C=O) groups excluding carboxylic acids is 2. The number of rotatable bonds is 8. The fourth-order valence-electron chi connectivity index (χ4n) is 3.47. The first-order chi connectivity index (χ1) is 14.0. The Morgan fingerprint density at radius 3 is 2.93 bits per heavy atom. The molecule has 8 nitrogen and oxygen atoms in total. The molecule has 1 aliphatic heterocycles. The van der Waals surface area contributed by atoms with Gasteiger partial charge in [-0.15, -0.1) is 11.3 Å². The van der Waals surface area contributed by atoms with E-state index in [0.717, 1.165) is 42.5 Å². The predicted molar refractivity (Wildman–Crippen MR) is 117 cm³/mol. The molecule has 0 radical (unpaired) electrons. The van der Waals surface area contributed by atoms with Crippen LogP contribution in [0.4, 0.5) is 0 Å². The number of thioether (sulfide) groups is 1. The topological polar surface area (TPSA) is 79.2 Å². The molecule has 1 saturated heterocycles. The van der Waals surface area contributed by atoms with Crippen molar-refractivity contribution >= 4 is 39.9 Å². The van der Waals surface area contributed by atoms with Crippen LogP contribution in [-0.4, -0.2) is 89.4 Å². The van der Waals surface area contributed by atoms with Crippen LogP contribution in [0.1, 0.15) is 29.0 Å². The Morgan fingerprint density at radius 2 is 2.17 bits per heavy atom. The van der Waals surface area contributed by atoms with Crippen LogP contribution in [0.5, 0.6) is 0 Å². The minimum absolute atomic E-state index is 0.0354. The van der Waals surface area contributed by atoms with Crippen molar-refractivity contribution in [3.05, 3.63) is 23.0 Å². The summed E-state index contributed by atoms with van der Waals surface area (Å²) in [5.41, 5.74) is 1.27. The molecule has 160 valence electrons. The van der Waals surface area contributed by atoms with Crippen LogP contribution in [0.2, 0.25) is 0 Å². The summed E-state index contributed by atoms with van der Waals surface area (Å²) >= 11 is 3.19. The summed E-state index contributed by atoms with van der Waals surface area (Å²) in [6.45, 7) is 3.67. The molecular weight excluding hydrogens is 410 g/mol. The zero-order valence-electron chi connectivity index (χ0n) is 17.2. The van der Waals surface area contributed by atoms with Crippen LogP contribution < -0.4 is 5.32 Å². The normalized spacial score (nSPS) is 16.7. The van der Waals surface area contributed by atoms with Gasteiger partial charge in [0.1, 0.15) is 6.04 Å². The third-order valence-corrected chi connectivity index (χ3v) is 6.58. The lowest BCUT2D eigenvalue weighted by molar-refractivity contribution is -0.143.